The molecule has 2 amide bonds. The smallest absolute Gasteiger partial charge is 0.419 e. The molecule has 29 heavy (non-hydrogen) atoms. The molecule has 12 heteroatoms. The number of carbonyl (C=O) groups is 3. The monoisotopic (exact) mass is 426 g/mol. The van der Waals surface area contributed by atoms with E-state index in [4.69, 9.17) is 5.11 Å². The maximum absolute atomic E-state index is 14.5. The Kier molecular flexibility index (Phi) is 5.87. The first-order chi connectivity index (χ1) is 13.2. The standard InChI is InChI=1S/C17H16F6N2O4/c1-16(2)12-13(20)8(17(21,22)23)4-9(19)14(12)25(15(16)29)6-10(26)24-5-7(18)3-11(27)28/h4,7H,3,5-6H2,1-2H3,(H,24,26)(H,27,28). The first-order valence-corrected chi connectivity index (χ1v) is 8.22. The molecule has 1 aromatic rings. The summed E-state index contributed by atoms with van der Waals surface area (Å²) in [5.41, 5.74) is -5.41. The Labute approximate surface area is 160 Å². The number of benzene rings is 1. The zero-order valence-electron chi connectivity index (χ0n) is 15.2. The Morgan fingerprint density at radius 2 is 1.86 bits per heavy atom. The normalized spacial score (nSPS) is 16.6. The van der Waals surface area contributed by atoms with Gasteiger partial charge in [0.05, 0.1) is 23.1 Å². The van der Waals surface area contributed by atoms with Crippen molar-refractivity contribution in [3.8, 4) is 0 Å². The molecule has 6 nitrogen and oxygen atoms in total. The van der Waals surface area contributed by atoms with Gasteiger partial charge in [-0.3, -0.25) is 19.3 Å². The Balaban J connectivity index is 2.34. The highest BCUT2D eigenvalue weighted by Crippen LogP contribution is 2.47. The Bertz CT molecular complexity index is 868. The summed E-state index contributed by atoms with van der Waals surface area (Å²) < 4.78 is 81.2. The molecule has 0 spiro atoms. The maximum atomic E-state index is 14.5. The summed E-state index contributed by atoms with van der Waals surface area (Å²) in [4.78, 5) is 35.4. The van der Waals surface area contributed by atoms with Gasteiger partial charge in [-0.1, -0.05) is 0 Å². The number of carbonyl (C=O) groups excluding carboxylic acids is 2. The predicted octanol–water partition coefficient (Wildman–Crippen LogP) is 2.54. The number of aliphatic carboxylic acids is 1. The summed E-state index contributed by atoms with van der Waals surface area (Å²) in [6.45, 7) is 0.530. The van der Waals surface area contributed by atoms with Crippen LogP contribution in [0, 0.1) is 11.6 Å². The van der Waals surface area contributed by atoms with Crippen molar-refractivity contribution in [2.24, 2.45) is 0 Å². The van der Waals surface area contributed by atoms with Gasteiger partial charge in [-0.15, -0.1) is 0 Å². The molecule has 1 atom stereocenters. The van der Waals surface area contributed by atoms with Crippen LogP contribution in [0.25, 0.3) is 0 Å². The van der Waals surface area contributed by atoms with E-state index in [2.05, 4.69) is 0 Å². The average molecular weight is 426 g/mol. The fourth-order valence-corrected chi connectivity index (χ4v) is 3.04. The van der Waals surface area contributed by atoms with Crippen molar-refractivity contribution in [3.05, 3.63) is 28.8 Å². The fraction of sp³-hybridized carbons (Fsp3) is 0.471. The van der Waals surface area contributed by atoms with Gasteiger partial charge < -0.3 is 10.4 Å². The predicted molar refractivity (Wildman–Crippen MR) is 86.9 cm³/mol. The molecule has 0 aromatic heterocycles. The highest BCUT2D eigenvalue weighted by molar-refractivity contribution is 6.10. The number of nitrogens with zero attached hydrogens (tertiary/aromatic N) is 1. The van der Waals surface area contributed by atoms with Gasteiger partial charge in [0.1, 0.15) is 24.4 Å². The second-order valence-electron chi connectivity index (χ2n) is 6.96. The molecular weight excluding hydrogens is 410 g/mol. The lowest BCUT2D eigenvalue weighted by atomic mass is 9.84. The van der Waals surface area contributed by atoms with Crippen LogP contribution >= 0.6 is 0 Å². The van der Waals surface area contributed by atoms with Gasteiger partial charge in [-0.05, 0) is 19.9 Å². The minimum Gasteiger partial charge on any atom is -0.481 e. The third-order valence-electron chi connectivity index (χ3n) is 4.39. The number of hydrogen-bond donors (Lipinski definition) is 2. The van der Waals surface area contributed by atoms with Crippen molar-refractivity contribution in [2.75, 3.05) is 18.0 Å². The number of halogens is 6. The van der Waals surface area contributed by atoms with Crippen molar-refractivity contribution >= 4 is 23.5 Å². The molecule has 1 heterocycles. The van der Waals surface area contributed by atoms with Crippen LogP contribution in [0.1, 0.15) is 31.4 Å². The van der Waals surface area contributed by atoms with Gasteiger partial charge in [-0.25, -0.2) is 13.2 Å². The van der Waals surface area contributed by atoms with Crippen LogP contribution in [0.2, 0.25) is 0 Å². The van der Waals surface area contributed by atoms with Crippen LogP contribution in [-0.4, -0.2) is 42.2 Å². The van der Waals surface area contributed by atoms with Crippen LogP contribution in [0.3, 0.4) is 0 Å². The minimum atomic E-state index is -5.20. The molecule has 2 rings (SSSR count). The Morgan fingerprint density at radius 1 is 1.28 bits per heavy atom. The van der Waals surface area contributed by atoms with Gasteiger partial charge in [0, 0.05) is 12.1 Å². The molecule has 1 aromatic carbocycles. The third kappa shape index (κ3) is 4.30. The van der Waals surface area contributed by atoms with Crippen molar-refractivity contribution in [2.45, 2.75) is 38.0 Å². The van der Waals surface area contributed by atoms with E-state index in [0.29, 0.717) is 4.90 Å². The number of anilines is 1. The number of hydrogen-bond acceptors (Lipinski definition) is 3. The number of carboxylic acid groups (broad SMARTS) is 1. The summed E-state index contributed by atoms with van der Waals surface area (Å²) in [7, 11) is 0. The topological polar surface area (TPSA) is 86.7 Å². The average Bonchev–Trinajstić information content (AvgIpc) is 2.76. The SMILES string of the molecule is CC1(C)C(=O)N(CC(=O)NCC(F)CC(=O)O)c2c(F)cc(C(F)(F)F)c(F)c21. The highest BCUT2D eigenvalue weighted by Gasteiger charge is 2.51. The Morgan fingerprint density at radius 3 is 2.38 bits per heavy atom. The lowest BCUT2D eigenvalue weighted by Crippen LogP contribution is -2.44. The van der Waals surface area contributed by atoms with Crippen LogP contribution in [0.4, 0.5) is 32.0 Å². The van der Waals surface area contributed by atoms with E-state index >= 15 is 0 Å². The van der Waals surface area contributed by atoms with Gasteiger partial charge in [-0.2, -0.15) is 13.2 Å². The summed E-state index contributed by atoms with van der Waals surface area (Å²) in [5.74, 6) is -6.87. The van der Waals surface area contributed by atoms with Crippen LogP contribution in [0.15, 0.2) is 6.07 Å². The largest absolute Gasteiger partial charge is 0.481 e. The van der Waals surface area contributed by atoms with E-state index in [1.54, 1.807) is 0 Å². The van der Waals surface area contributed by atoms with E-state index in [0.717, 1.165) is 13.8 Å². The molecule has 2 N–H and O–H groups in total. The van der Waals surface area contributed by atoms with E-state index in [9.17, 15) is 40.7 Å². The summed E-state index contributed by atoms with van der Waals surface area (Å²) in [6, 6.07) is -0.0990. The molecule has 1 aliphatic rings. The van der Waals surface area contributed by atoms with Crippen molar-refractivity contribution in [3.63, 3.8) is 0 Å². The second kappa shape index (κ2) is 7.56. The lowest BCUT2D eigenvalue weighted by molar-refractivity contribution is -0.140. The number of nitrogens with one attached hydrogen (secondary N) is 1. The number of fused-ring (bicyclic) bond motifs is 1. The minimum absolute atomic E-state index is 0.0990. The second-order valence-corrected chi connectivity index (χ2v) is 6.96. The first-order valence-electron chi connectivity index (χ1n) is 8.22. The number of rotatable bonds is 6. The van der Waals surface area contributed by atoms with Gasteiger partial charge in [0.15, 0.2) is 0 Å². The zero-order valence-corrected chi connectivity index (χ0v) is 15.2. The van der Waals surface area contributed by atoms with Crippen molar-refractivity contribution in [1.29, 1.82) is 0 Å². The molecule has 0 aliphatic carbocycles. The molecule has 0 bridgehead atoms. The lowest BCUT2D eigenvalue weighted by Gasteiger charge is -2.20. The summed E-state index contributed by atoms with van der Waals surface area (Å²) >= 11 is 0. The van der Waals surface area contributed by atoms with Crippen LogP contribution in [-0.2, 0) is 26.0 Å². The van der Waals surface area contributed by atoms with Crippen molar-refractivity contribution in [1.82, 2.24) is 5.32 Å². The summed E-state index contributed by atoms with van der Waals surface area (Å²) in [6.07, 6.45) is -8.03. The van der Waals surface area contributed by atoms with Gasteiger partial charge >= 0.3 is 12.1 Å². The molecule has 1 unspecified atom stereocenters. The molecule has 0 saturated heterocycles. The third-order valence-corrected chi connectivity index (χ3v) is 4.39. The van der Waals surface area contributed by atoms with Crippen molar-refractivity contribution < 1.29 is 45.8 Å². The first kappa shape index (κ1) is 22.5. The fourth-order valence-electron chi connectivity index (χ4n) is 3.04. The van der Waals surface area contributed by atoms with E-state index in [-0.39, 0.29) is 6.07 Å². The summed E-state index contributed by atoms with van der Waals surface area (Å²) in [5, 5.41) is 10.4. The number of amides is 2. The van der Waals surface area contributed by atoms with Crippen LogP contribution in [0.5, 0.6) is 0 Å². The molecule has 1 aliphatic heterocycles. The number of carboxylic acids is 1. The molecule has 0 saturated carbocycles. The molecule has 160 valence electrons. The highest BCUT2D eigenvalue weighted by atomic mass is 19.4. The van der Waals surface area contributed by atoms with E-state index in [1.807, 2.05) is 5.32 Å². The van der Waals surface area contributed by atoms with Gasteiger partial charge in [0.25, 0.3) is 0 Å². The molecule has 0 radical (unpaired) electrons. The molecular formula is C17H16F6N2O4. The quantitative estimate of drug-likeness (QED) is 0.685. The maximum Gasteiger partial charge on any atom is 0.419 e. The molecule has 0 fully saturated rings. The van der Waals surface area contributed by atoms with E-state index in [1.165, 1.54) is 0 Å². The van der Waals surface area contributed by atoms with Crippen LogP contribution < -0.4 is 10.2 Å². The van der Waals surface area contributed by atoms with Gasteiger partial charge in [0.2, 0.25) is 11.8 Å². The Hall–Kier alpha value is -2.79. The zero-order chi connectivity index (χ0) is 22.3. The number of alkyl halides is 4. The van der Waals surface area contributed by atoms with E-state index < -0.39 is 83.5 Å².